The van der Waals surface area contributed by atoms with E-state index in [9.17, 15) is 0 Å². The zero-order valence-corrected chi connectivity index (χ0v) is 12.4. The average molecular weight is 253 g/mol. The van der Waals surface area contributed by atoms with E-state index in [-0.39, 0.29) is 11.2 Å². The number of hydrogen-bond acceptors (Lipinski definition) is 4. The topological polar surface area (TPSA) is 39.5 Å². The molecule has 1 fully saturated rings. The summed E-state index contributed by atoms with van der Waals surface area (Å²) in [5.74, 6) is 0. The lowest BCUT2D eigenvalue weighted by atomic mass is 9.90. The second-order valence-electron chi connectivity index (χ2n) is 5.80. The van der Waals surface area contributed by atoms with E-state index >= 15 is 0 Å². The van der Waals surface area contributed by atoms with Gasteiger partial charge in [0, 0.05) is 6.54 Å². The molecule has 0 aromatic carbocycles. The molecule has 0 unspecified atom stereocenters. The van der Waals surface area contributed by atoms with Crippen molar-refractivity contribution >= 4 is 5.69 Å². The van der Waals surface area contributed by atoms with Gasteiger partial charge in [0.2, 0.25) is 0 Å². The first kappa shape index (κ1) is 13.4. The smallest absolute Gasteiger partial charge is 0.138 e. The maximum atomic E-state index is 5.93. The van der Waals surface area contributed by atoms with E-state index < -0.39 is 0 Å². The fraction of sp³-hybridized carbons (Fsp3) is 0.769. The van der Waals surface area contributed by atoms with E-state index in [0.29, 0.717) is 0 Å². The van der Waals surface area contributed by atoms with E-state index in [4.69, 9.17) is 9.68 Å². The summed E-state index contributed by atoms with van der Waals surface area (Å²) in [6.07, 6.45) is 0. The third-order valence-electron chi connectivity index (χ3n) is 3.90. The molecule has 2 heterocycles. The van der Waals surface area contributed by atoms with E-state index in [1.54, 1.807) is 0 Å². The largest absolute Gasteiger partial charge is 0.268 e. The molecule has 1 aliphatic rings. The fourth-order valence-electron chi connectivity index (χ4n) is 2.00. The molecule has 1 aliphatic heterocycles. The quantitative estimate of drug-likeness (QED) is 0.812. The summed E-state index contributed by atoms with van der Waals surface area (Å²) in [5, 5.41) is 6.02. The molecule has 102 valence electrons. The van der Waals surface area contributed by atoms with Crippen LogP contribution in [0.25, 0.3) is 0 Å². The molecule has 1 aromatic heterocycles. The van der Waals surface area contributed by atoms with Crippen molar-refractivity contribution in [3.05, 3.63) is 11.4 Å². The number of hydrogen-bond donors (Lipinski definition) is 0. The Morgan fingerprint density at radius 3 is 1.94 bits per heavy atom. The lowest BCUT2D eigenvalue weighted by molar-refractivity contribution is -0.0278. The Kier molecular flexibility index (Phi) is 2.94. The molecule has 18 heavy (non-hydrogen) atoms. The molecule has 0 spiro atoms. The van der Waals surface area contributed by atoms with Crippen LogP contribution >= 0.6 is 0 Å². The van der Waals surface area contributed by atoms with Crippen LogP contribution in [0.4, 0.5) is 5.69 Å². The average Bonchev–Trinajstić information content (AvgIpc) is 2.61. The van der Waals surface area contributed by atoms with Crippen LogP contribution in [0.5, 0.6) is 0 Å². The highest BCUT2D eigenvalue weighted by Gasteiger charge is 2.50. The van der Waals surface area contributed by atoms with Gasteiger partial charge in [0.1, 0.15) is 16.9 Å². The van der Waals surface area contributed by atoms with Gasteiger partial charge in [0.15, 0.2) is 0 Å². The van der Waals surface area contributed by atoms with E-state index in [2.05, 4.69) is 12.0 Å². The summed E-state index contributed by atoms with van der Waals surface area (Å²) in [6.45, 7) is 15.0. The normalized spacial score (nSPS) is 21.6. The van der Waals surface area contributed by atoms with Gasteiger partial charge in [-0.05, 0) is 48.5 Å². The van der Waals surface area contributed by atoms with Crippen molar-refractivity contribution in [3.63, 3.8) is 0 Å². The van der Waals surface area contributed by atoms with Crippen molar-refractivity contribution < 1.29 is 9.68 Å². The number of anilines is 1. The number of aryl methyl sites for hydroxylation is 2. The van der Waals surface area contributed by atoms with Gasteiger partial charge in [-0.1, -0.05) is 0 Å². The molecule has 0 atom stereocenters. The molecular weight excluding hydrogens is 230 g/mol. The lowest BCUT2D eigenvalue weighted by Gasteiger charge is -2.26. The molecule has 0 radical (unpaired) electrons. The standard InChI is InChI=1S/C13H23N3O2/c1-8-15-10(3)11(9(2)14-15)16-17-12(4,5)13(6,7)18-16/h8H2,1-7H3. The summed E-state index contributed by atoms with van der Waals surface area (Å²) in [7, 11) is 0. The van der Waals surface area contributed by atoms with Crippen LogP contribution in [0.3, 0.4) is 0 Å². The minimum absolute atomic E-state index is 0.375. The minimum Gasteiger partial charge on any atom is -0.268 e. The van der Waals surface area contributed by atoms with Crippen molar-refractivity contribution in [2.45, 2.75) is 66.2 Å². The Morgan fingerprint density at radius 2 is 1.56 bits per heavy atom. The number of nitrogens with zero attached hydrogens (tertiary/aromatic N) is 3. The number of aromatic nitrogens is 2. The van der Waals surface area contributed by atoms with Crippen LogP contribution in [0.2, 0.25) is 0 Å². The molecule has 1 saturated heterocycles. The van der Waals surface area contributed by atoms with Crippen molar-refractivity contribution in [1.29, 1.82) is 0 Å². The van der Waals surface area contributed by atoms with Crippen molar-refractivity contribution in [3.8, 4) is 0 Å². The third kappa shape index (κ3) is 1.82. The van der Waals surface area contributed by atoms with Gasteiger partial charge in [0.25, 0.3) is 0 Å². The Balaban J connectivity index is 2.38. The second-order valence-corrected chi connectivity index (χ2v) is 5.80. The van der Waals surface area contributed by atoms with Crippen LogP contribution < -0.4 is 5.23 Å². The maximum absolute atomic E-state index is 5.93. The summed E-state index contributed by atoms with van der Waals surface area (Å²) in [6, 6.07) is 0. The molecule has 5 nitrogen and oxygen atoms in total. The highest BCUT2D eigenvalue weighted by Crippen LogP contribution is 2.41. The molecule has 0 amide bonds. The predicted molar refractivity (Wildman–Crippen MR) is 70.2 cm³/mol. The predicted octanol–water partition coefficient (Wildman–Crippen LogP) is 2.76. The van der Waals surface area contributed by atoms with Crippen molar-refractivity contribution in [2.75, 3.05) is 5.23 Å². The summed E-state index contributed by atoms with van der Waals surface area (Å²) in [4.78, 5) is 11.9. The molecule has 0 bridgehead atoms. The van der Waals surface area contributed by atoms with Crippen molar-refractivity contribution in [1.82, 2.24) is 9.78 Å². The SMILES string of the molecule is CCn1nc(C)c(N2OC(C)(C)C(C)(C)O2)c1C. The zero-order chi connectivity index (χ0) is 13.7. The summed E-state index contributed by atoms with van der Waals surface area (Å²) < 4.78 is 1.95. The Bertz CT molecular complexity index is 447. The molecule has 0 saturated carbocycles. The van der Waals surface area contributed by atoms with Gasteiger partial charge >= 0.3 is 0 Å². The van der Waals surface area contributed by atoms with Crippen LogP contribution in [0, 0.1) is 13.8 Å². The van der Waals surface area contributed by atoms with Crippen LogP contribution in [-0.2, 0) is 16.2 Å². The monoisotopic (exact) mass is 253 g/mol. The highest BCUT2D eigenvalue weighted by molar-refractivity contribution is 5.51. The molecule has 2 rings (SSSR count). The molecule has 0 N–H and O–H groups in total. The maximum Gasteiger partial charge on any atom is 0.138 e. The first-order valence-corrected chi connectivity index (χ1v) is 6.42. The summed E-state index contributed by atoms with van der Waals surface area (Å²) >= 11 is 0. The fourth-order valence-corrected chi connectivity index (χ4v) is 2.00. The highest BCUT2D eigenvalue weighted by atomic mass is 17.0. The van der Waals surface area contributed by atoms with Gasteiger partial charge < -0.3 is 0 Å². The van der Waals surface area contributed by atoms with Crippen LogP contribution in [0.15, 0.2) is 0 Å². The zero-order valence-electron chi connectivity index (χ0n) is 12.4. The molecule has 5 heteroatoms. The molecular formula is C13H23N3O2. The van der Waals surface area contributed by atoms with Gasteiger partial charge in [-0.2, -0.15) is 5.10 Å². The van der Waals surface area contributed by atoms with Crippen LogP contribution in [-0.4, -0.2) is 21.0 Å². The molecule has 0 aliphatic carbocycles. The van der Waals surface area contributed by atoms with Gasteiger partial charge in [0.05, 0.1) is 11.4 Å². The first-order chi connectivity index (χ1) is 8.19. The Morgan fingerprint density at radius 1 is 1.06 bits per heavy atom. The Labute approximate surface area is 109 Å². The van der Waals surface area contributed by atoms with Gasteiger partial charge in [-0.25, -0.2) is 9.68 Å². The summed E-state index contributed by atoms with van der Waals surface area (Å²) in [5.41, 5.74) is 2.14. The van der Waals surface area contributed by atoms with Gasteiger partial charge in [-0.3, -0.25) is 4.68 Å². The van der Waals surface area contributed by atoms with Gasteiger partial charge in [-0.15, -0.1) is 5.23 Å². The first-order valence-electron chi connectivity index (χ1n) is 6.42. The van der Waals surface area contributed by atoms with E-state index in [0.717, 1.165) is 23.6 Å². The molecule has 1 aromatic rings. The van der Waals surface area contributed by atoms with E-state index in [1.165, 1.54) is 5.23 Å². The lowest BCUT2D eigenvalue weighted by Crippen LogP contribution is -2.41. The minimum atomic E-state index is -0.375. The van der Waals surface area contributed by atoms with E-state index in [1.807, 2.05) is 46.2 Å². The van der Waals surface area contributed by atoms with Crippen molar-refractivity contribution in [2.24, 2.45) is 0 Å². The second kappa shape index (κ2) is 3.96. The Hall–Kier alpha value is -1.07. The number of rotatable bonds is 2. The third-order valence-corrected chi connectivity index (χ3v) is 3.90. The van der Waals surface area contributed by atoms with Crippen LogP contribution in [0.1, 0.15) is 46.0 Å².